The number of rotatable bonds is 2. The van der Waals surface area contributed by atoms with Gasteiger partial charge in [0.2, 0.25) is 0 Å². The summed E-state index contributed by atoms with van der Waals surface area (Å²) in [6.45, 7) is 1.40. The molecule has 92 valence electrons. The van der Waals surface area contributed by atoms with Crippen molar-refractivity contribution in [2.24, 2.45) is 0 Å². The third kappa shape index (κ3) is 1.84. The SMILES string of the molecule is CC1Oc2ccc([N+](=O)[O-])cc2N(CC#N)C1=O. The van der Waals surface area contributed by atoms with E-state index in [9.17, 15) is 14.9 Å². The van der Waals surface area contributed by atoms with E-state index in [0.717, 1.165) is 0 Å². The molecule has 1 unspecified atom stereocenters. The lowest BCUT2D eigenvalue weighted by Crippen LogP contribution is -2.44. The number of carbonyl (C=O) groups is 1. The number of ether oxygens (including phenoxy) is 1. The number of carbonyl (C=O) groups excluding carboxylic acids is 1. The normalized spacial score (nSPS) is 17.7. The third-order valence-electron chi connectivity index (χ3n) is 2.59. The summed E-state index contributed by atoms with van der Waals surface area (Å²) in [4.78, 5) is 23.2. The van der Waals surface area contributed by atoms with Gasteiger partial charge in [-0.1, -0.05) is 0 Å². The van der Waals surface area contributed by atoms with Crippen LogP contribution in [0.4, 0.5) is 11.4 Å². The summed E-state index contributed by atoms with van der Waals surface area (Å²) in [7, 11) is 0. The van der Waals surface area contributed by atoms with E-state index in [2.05, 4.69) is 0 Å². The summed E-state index contributed by atoms with van der Waals surface area (Å²) in [6.07, 6.45) is -0.702. The third-order valence-corrected chi connectivity index (χ3v) is 2.59. The predicted molar refractivity (Wildman–Crippen MR) is 61.2 cm³/mol. The van der Waals surface area contributed by atoms with Gasteiger partial charge in [-0.15, -0.1) is 0 Å². The van der Waals surface area contributed by atoms with Gasteiger partial charge in [0.1, 0.15) is 12.3 Å². The van der Waals surface area contributed by atoms with E-state index in [1.165, 1.54) is 23.1 Å². The summed E-state index contributed by atoms with van der Waals surface area (Å²) >= 11 is 0. The van der Waals surface area contributed by atoms with Crippen LogP contribution in [-0.2, 0) is 4.79 Å². The van der Waals surface area contributed by atoms with Gasteiger partial charge in [-0.2, -0.15) is 5.26 Å². The largest absolute Gasteiger partial charge is 0.479 e. The van der Waals surface area contributed by atoms with Gasteiger partial charge in [0.15, 0.2) is 6.10 Å². The highest BCUT2D eigenvalue weighted by Gasteiger charge is 2.32. The maximum absolute atomic E-state index is 11.8. The summed E-state index contributed by atoms with van der Waals surface area (Å²) in [5.74, 6) is -0.0208. The lowest BCUT2D eigenvalue weighted by Gasteiger charge is -2.31. The molecule has 7 nitrogen and oxygen atoms in total. The molecule has 0 bridgehead atoms. The van der Waals surface area contributed by atoms with Crippen molar-refractivity contribution in [3.8, 4) is 11.8 Å². The van der Waals surface area contributed by atoms with E-state index in [1.807, 2.05) is 6.07 Å². The molecule has 7 heteroatoms. The quantitative estimate of drug-likeness (QED) is 0.445. The Labute approximate surface area is 102 Å². The molecule has 1 amide bonds. The van der Waals surface area contributed by atoms with Crippen LogP contribution in [0.25, 0.3) is 0 Å². The van der Waals surface area contributed by atoms with Gasteiger partial charge < -0.3 is 4.74 Å². The summed E-state index contributed by atoms with van der Waals surface area (Å²) in [5, 5.41) is 19.4. The topological polar surface area (TPSA) is 96.5 Å². The van der Waals surface area contributed by atoms with Gasteiger partial charge in [-0.3, -0.25) is 19.8 Å². The number of nitrogens with zero attached hydrogens (tertiary/aromatic N) is 3. The van der Waals surface area contributed by atoms with Gasteiger partial charge in [0, 0.05) is 12.1 Å². The van der Waals surface area contributed by atoms with Crippen LogP contribution in [0, 0.1) is 21.4 Å². The average molecular weight is 247 g/mol. The number of hydrogen-bond acceptors (Lipinski definition) is 5. The fraction of sp³-hybridized carbons (Fsp3) is 0.273. The second-order valence-electron chi connectivity index (χ2n) is 3.75. The Bertz CT molecular complexity index is 564. The van der Waals surface area contributed by atoms with Crippen molar-refractivity contribution in [2.45, 2.75) is 13.0 Å². The van der Waals surface area contributed by atoms with Crippen molar-refractivity contribution in [3.63, 3.8) is 0 Å². The Kier molecular flexibility index (Phi) is 2.85. The Morgan fingerprint density at radius 3 is 2.94 bits per heavy atom. The smallest absolute Gasteiger partial charge is 0.271 e. The van der Waals surface area contributed by atoms with Crippen molar-refractivity contribution in [1.82, 2.24) is 0 Å². The molecule has 0 spiro atoms. The molecule has 0 fully saturated rings. The molecule has 0 radical (unpaired) electrons. The van der Waals surface area contributed by atoms with E-state index in [4.69, 9.17) is 10.00 Å². The Balaban J connectivity index is 2.52. The van der Waals surface area contributed by atoms with E-state index in [1.54, 1.807) is 6.92 Å². The zero-order valence-electron chi connectivity index (χ0n) is 9.49. The van der Waals surface area contributed by atoms with Crippen LogP contribution in [0.3, 0.4) is 0 Å². The molecule has 0 N–H and O–H groups in total. The van der Waals surface area contributed by atoms with Crippen LogP contribution in [0.15, 0.2) is 18.2 Å². The number of nitro benzene ring substituents is 1. The van der Waals surface area contributed by atoms with E-state index < -0.39 is 11.0 Å². The van der Waals surface area contributed by atoms with Crippen LogP contribution in [-0.4, -0.2) is 23.5 Å². The second-order valence-corrected chi connectivity index (χ2v) is 3.75. The van der Waals surface area contributed by atoms with Gasteiger partial charge in [-0.25, -0.2) is 0 Å². The molecule has 1 atom stereocenters. The molecule has 2 rings (SSSR count). The fourth-order valence-electron chi connectivity index (χ4n) is 1.74. The number of hydrogen-bond donors (Lipinski definition) is 0. The minimum atomic E-state index is -0.702. The Morgan fingerprint density at radius 2 is 2.33 bits per heavy atom. The molecule has 1 heterocycles. The fourth-order valence-corrected chi connectivity index (χ4v) is 1.74. The molecular weight excluding hydrogens is 238 g/mol. The molecule has 1 aliphatic heterocycles. The molecule has 0 aromatic heterocycles. The van der Waals surface area contributed by atoms with Crippen molar-refractivity contribution in [1.29, 1.82) is 5.26 Å². The van der Waals surface area contributed by atoms with E-state index in [0.29, 0.717) is 5.75 Å². The van der Waals surface area contributed by atoms with Gasteiger partial charge in [0.05, 0.1) is 16.7 Å². The first-order chi connectivity index (χ1) is 8.54. The Hall–Kier alpha value is -2.62. The number of fused-ring (bicyclic) bond motifs is 1. The maximum atomic E-state index is 11.8. The number of anilines is 1. The van der Waals surface area contributed by atoms with E-state index >= 15 is 0 Å². The first kappa shape index (κ1) is 11.9. The van der Waals surface area contributed by atoms with Crippen molar-refractivity contribution in [2.75, 3.05) is 11.4 Å². The summed E-state index contributed by atoms with van der Waals surface area (Å²) in [6, 6.07) is 5.82. The molecular formula is C11H9N3O4. The molecule has 1 aliphatic rings. The highest BCUT2D eigenvalue weighted by Crippen LogP contribution is 2.36. The number of nitriles is 1. The van der Waals surface area contributed by atoms with Gasteiger partial charge in [0.25, 0.3) is 11.6 Å². The standard InChI is InChI=1S/C11H9N3O4/c1-7-11(15)13(5-4-12)9-6-8(14(16)17)2-3-10(9)18-7/h2-3,6-7H,5H2,1H3. The Morgan fingerprint density at radius 1 is 1.61 bits per heavy atom. The molecule has 18 heavy (non-hydrogen) atoms. The van der Waals surface area contributed by atoms with Crippen molar-refractivity contribution >= 4 is 17.3 Å². The first-order valence-corrected chi connectivity index (χ1v) is 5.18. The van der Waals surface area contributed by atoms with Crippen LogP contribution < -0.4 is 9.64 Å². The second kappa shape index (κ2) is 4.33. The van der Waals surface area contributed by atoms with Crippen LogP contribution in [0.5, 0.6) is 5.75 Å². The minimum absolute atomic E-state index is 0.150. The van der Waals surface area contributed by atoms with E-state index in [-0.39, 0.29) is 23.8 Å². The average Bonchev–Trinajstić information content (AvgIpc) is 2.34. The highest BCUT2D eigenvalue weighted by atomic mass is 16.6. The minimum Gasteiger partial charge on any atom is -0.479 e. The monoisotopic (exact) mass is 247 g/mol. The molecule has 0 saturated carbocycles. The lowest BCUT2D eigenvalue weighted by atomic mass is 10.1. The van der Waals surface area contributed by atoms with Crippen LogP contribution in [0.1, 0.15) is 6.92 Å². The highest BCUT2D eigenvalue weighted by molar-refractivity contribution is 6.00. The molecule has 0 aliphatic carbocycles. The number of amides is 1. The molecule has 1 aromatic carbocycles. The van der Waals surface area contributed by atoms with Gasteiger partial charge in [-0.05, 0) is 13.0 Å². The molecule has 0 saturated heterocycles. The zero-order chi connectivity index (χ0) is 13.3. The van der Waals surface area contributed by atoms with Crippen LogP contribution >= 0.6 is 0 Å². The number of benzene rings is 1. The molecule has 1 aromatic rings. The maximum Gasteiger partial charge on any atom is 0.271 e. The van der Waals surface area contributed by atoms with Crippen molar-refractivity contribution in [3.05, 3.63) is 28.3 Å². The number of nitro groups is 1. The van der Waals surface area contributed by atoms with Crippen LogP contribution in [0.2, 0.25) is 0 Å². The zero-order valence-corrected chi connectivity index (χ0v) is 9.49. The number of non-ortho nitro benzene ring substituents is 1. The summed E-state index contributed by atoms with van der Waals surface area (Å²) in [5.41, 5.74) is 0.108. The van der Waals surface area contributed by atoms with Gasteiger partial charge >= 0.3 is 0 Å². The predicted octanol–water partition coefficient (Wildman–Crippen LogP) is 1.23. The lowest BCUT2D eigenvalue weighted by molar-refractivity contribution is -0.384. The first-order valence-electron chi connectivity index (χ1n) is 5.18. The van der Waals surface area contributed by atoms with Crippen molar-refractivity contribution < 1.29 is 14.5 Å². The summed E-state index contributed by atoms with van der Waals surface area (Å²) < 4.78 is 5.33.